The quantitative estimate of drug-likeness (QED) is 0.683. The highest BCUT2D eigenvalue weighted by Gasteiger charge is 2.51. The lowest BCUT2D eigenvalue weighted by atomic mass is 9.93. The molecular formula is C19H28O5. The molecular weight excluding hydrogens is 308 g/mol. The molecule has 0 spiro atoms. The summed E-state index contributed by atoms with van der Waals surface area (Å²) in [5.74, 6) is -0.375. The fraction of sp³-hybridized carbons (Fsp3) is 0.632. The summed E-state index contributed by atoms with van der Waals surface area (Å²) in [4.78, 5) is 11.3. The second kappa shape index (κ2) is 8.10. The first kappa shape index (κ1) is 18.9. The molecule has 1 saturated heterocycles. The van der Waals surface area contributed by atoms with Crippen LogP contribution in [0.5, 0.6) is 0 Å². The molecule has 0 aliphatic carbocycles. The normalized spacial score (nSPS) is 25.6. The Balaban J connectivity index is 1.92. The van der Waals surface area contributed by atoms with Gasteiger partial charge in [0.2, 0.25) is 0 Å². The van der Waals surface area contributed by atoms with Crippen LogP contribution in [0.3, 0.4) is 0 Å². The first-order valence-electron chi connectivity index (χ1n) is 8.41. The molecule has 0 saturated carbocycles. The molecule has 1 aromatic rings. The van der Waals surface area contributed by atoms with Gasteiger partial charge < -0.3 is 18.9 Å². The van der Waals surface area contributed by atoms with Gasteiger partial charge in [-0.15, -0.1) is 0 Å². The van der Waals surface area contributed by atoms with Gasteiger partial charge in [-0.2, -0.15) is 0 Å². The van der Waals surface area contributed by atoms with E-state index in [-0.39, 0.29) is 24.3 Å². The van der Waals surface area contributed by atoms with Gasteiger partial charge in [0.25, 0.3) is 0 Å². The first-order chi connectivity index (χ1) is 11.4. The Morgan fingerprint density at radius 3 is 2.62 bits per heavy atom. The molecule has 1 aliphatic rings. The molecule has 0 N–H and O–H groups in total. The topological polar surface area (TPSA) is 54.0 Å². The molecule has 5 nitrogen and oxygen atoms in total. The Bertz CT molecular complexity index is 528. The van der Waals surface area contributed by atoms with Gasteiger partial charge in [-0.25, -0.2) is 4.79 Å². The van der Waals surface area contributed by atoms with Crippen LogP contribution in [0.4, 0.5) is 0 Å². The molecule has 1 aliphatic heterocycles. The average molecular weight is 336 g/mol. The van der Waals surface area contributed by atoms with Crippen LogP contribution in [0, 0.1) is 0 Å². The van der Waals surface area contributed by atoms with Crippen LogP contribution in [0.1, 0.15) is 39.2 Å². The lowest BCUT2D eigenvalue weighted by molar-refractivity contribution is -0.156. The molecule has 2 atom stereocenters. The van der Waals surface area contributed by atoms with Gasteiger partial charge in [0.1, 0.15) is 6.61 Å². The van der Waals surface area contributed by atoms with Crippen molar-refractivity contribution in [3.05, 3.63) is 35.9 Å². The number of benzene rings is 1. The van der Waals surface area contributed by atoms with Crippen LogP contribution >= 0.6 is 0 Å². The van der Waals surface area contributed by atoms with E-state index in [0.717, 1.165) is 12.0 Å². The largest absolute Gasteiger partial charge is 0.467 e. The Labute approximate surface area is 144 Å². The highest BCUT2D eigenvalue weighted by molar-refractivity contribution is 5.70. The van der Waals surface area contributed by atoms with Gasteiger partial charge in [-0.1, -0.05) is 37.3 Å². The predicted molar refractivity (Wildman–Crippen MR) is 90.7 cm³/mol. The molecule has 1 fully saturated rings. The van der Waals surface area contributed by atoms with E-state index in [4.69, 9.17) is 14.2 Å². The smallest absolute Gasteiger partial charge is 0.331 e. The zero-order valence-corrected chi connectivity index (χ0v) is 15.0. The summed E-state index contributed by atoms with van der Waals surface area (Å²) < 4.78 is 22.6. The van der Waals surface area contributed by atoms with E-state index in [2.05, 4.69) is 11.7 Å². The van der Waals surface area contributed by atoms with E-state index in [9.17, 15) is 4.79 Å². The monoisotopic (exact) mass is 336 g/mol. The number of methoxy groups -OCH3 is 1. The van der Waals surface area contributed by atoms with Crippen molar-refractivity contribution < 1.29 is 23.7 Å². The third kappa shape index (κ3) is 4.79. The van der Waals surface area contributed by atoms with Crippen molar-refractivity contribution in [2.45, 2.75) is 57.5 Å². The van der Waals surface area contributed by atoms with Gasteiger partial charge in [0, 0.05) is 6.42 Å². The van der Waals surface area contributed by atoms with Gasteiger partial charge in [0.05, 0.1) is 37.6 Å². The summed E-state index contributed by atoms with van der Waals surface area (Å²) in [5.41, 5.74) is 0.277. The lowest BCUT2D eigenvalue weighted by Crippen LogP contribution is -2.37. The second-order valence-electron chi connectivity index (χ2n) is 6.80. The third-order valence-corrected chi connectivity index (χ3v) is 4.56. The molecule has 2 rings (SSSR count). The molecule has 0 aromatic heterocycles. The van der Waals surface area contributed by atoms with Crippen LogP contribution in [0.25, 0.3) is 0 Å². The van der Waals surface area contributed by atoms with Gasteiger partial charge in [-0.05, 0) is 25.8 Å². The number of rotatable bonds is 8. The minimum atomic E-state index is -0.472. The zero-order valence-electron chi connectivity index (χ0n) is 15.0. The van der Waals surface area contributed by atoms with Crippen LogP contribution in [0.15, 0.2) is 30.3 Å². The first-order valence-corrected chi connectivity index (χ1v) is 8.41. The number of hydrogen-bond acceptors (Lipinski definition) is 5. The summed E-state index contributed by atoms with van der Waals surface area (Å²) in [7, 11) is 1.36. The number of carbonyl (C=O) groups excluding carboxylic acids is 1. The van der Waals surface area contributed by atoms with Crippen molar-refractivity contribution in [2.24, 2.45) is 0 Å². The third-order valence-electron chi connectivity index (χ3n) is 4.56. The summed E-state index contributed by atoms with van der Waals surface area (Å²) >= 11 is 0. The number of esters is 1. The molecule has 1 heterocycles. The molecule has 5 heteroatoms. The summed E-state index contributed by atoms with van der Waals surface area (Å²) in [6.45, 7) is 7.07. The van der Waals surface area contributed by atoms with Crippen LogP contribution in [0.2, 0.25) is 0 Å². The fourth-order valence-electron chi connectivity index (χ4n) is 3.07. The van der Waals surface area contributed by atoms with E-state index < -0.39 is 5.60 Å². The van der Waals surface area contributed by atoms with Crippen molar-refractivity contribution >= 4 is 5.97 Å². The lowest BCUT2D eigenvalue weighted by Gasteiger charge is -2.30. The van der Waals surface area contributed by atoms with Crippen LogP contribution < -0.4 is 0 Å². The molecule has 0 radical (unpaired) electrons. The summed E-state index contributed by atoms with van der Waals surface area (Å²) in [5, 5.41) is 0. The predicted octanol–water partition coefficient (Wildman–Crippen LogP) is 3.11. The maximum atomic E-state index is 11.3. The highest BCUT2D eigenvalue weighted by atomic mass is 16.6. The number of hydrogen-bond donors (Lipinski definition) is 0. The standard InChI is InChI=1S/C19H28O5/c1-5-19(14-22-12-15-9-7-6-8-10-15)11-16(18(2,3)24-19)23-13-17(20)21-4/h6-10,16H,5,11-14H2,1-4H3. The van der Waals surface area contributed by atoms with Crippen molar-refractivity contribution in [3.8, 4) is 0 Å². The molecule has 134 valence electrons. The Hall–Kier alpha value is -1.43. The number of carbonyl (C=O) groups is 1. The van der Waals surface area contributed by atoms with E-state index >= 15 is 0 Å². The Kier molecular flexibility index (Phi) is 6.38. The average Bonchev–Trinajstić information content (AvgIpc) is 2.84. The van der Waals surface area contributed by atoms with Gasteiger partial charge in [-0.3, -0.25) is 0 Å². The maximum absolute atomic E-state index is 11.3. The fourth-order valence-corrected chi connectivity index (χ4v) is 3.07. The number of ether oxygens (including phenoxy) is 4. The van der Waals surface area contributed by atoms with E-state index in [1.165, 1.54) is 7.11 Å². The van der Waals surface area contributed by atoms with E-state index in [0.29, 0.717) is 19.6 Å². The van der Waals surface area contributed by atoms with Crippen LogP contribution in [-0.4, -0.2) is 43.6 Å². The van der Waals surface area contributed by atoms with Gasteiger partial charge >= 0.3 is 5.97 Å². The molecule has 2 unspecified atom stereocenters. The van der Waals surface area contributed by atoms with Crippen molar-refractivity contribution in [1.82, 2.24) is 0 Å². The highest BCUT2D eigenvalue weighted by Crippen LogP contribution is 2.41. The van der Waals surface area contributed by atoms with Crippen LogP contribution in [-0.2, 0) is 30.3 Å². The Morgan fingerprint density at radius 1 is 1.29 bits per heavy atom. The summed E-state index contributed by atoms with van der Waals surface area (Å²) in [6, 6.07) is 10.1. The van der Waals surface area contributed by atoms with Crippen molar-refractivity contribution in [2.75, 3.05) is 20.3 Å². The minimum absolute atomic E-state index is 0.0569. The molecule has 0 amide bonds. The van der Waals surface area contributed by atoms with Gasteiger partial charge in [0.15, 0.2) is 0 Å². The summed E-state index contributed by atoms with van der Waals surface area (Å²) in [6.07, 6.45) is 1.35. The van der Waals surface area contributed by atoms with Crippen molar-refractivity contribution in [3.63, 3.8) is 0 Å². The molecule has 1 aromatic carbocycles. The minimum Gasteiger partial charge on any atom is -0.467 e. The van der Waals surface area contributed by atoms with E-state index in [1.54, 1.807) is 0 Å². The Morgan fingerprint density at radius 2 is 2.00 bits per heavy atom. The molecule has 24 heavy (non-hydrogen) atoms. The van der Waals surface area contributed by atoms with Crippen molar-refractivity contribution in [1.29, 1.82) is 0 Å². The maximum Gasteiger partial charge on any atom is 0.331 e. The second-order valence-corrected chi connectivity index (χ2v) is 6.80. The SMILES string of the molecule is CCC1(COCc2ccccc2)CC(OCC(=O)OC)C(C)(C)O1. The molecule has 0 bridgehead atoms. The zero-order chi connectivity index (χ0) is 17.6. The van der Waals surface area contributed by atoms with E-state index in [1.807, 2.05) is 44.2 Å².